The lowest BCUT2D eigenvalue weighted by molar-refractivity contribution is -0.141. The van der Waals surface area contributed by atoms with E-state index in [4.69, 9.17) is 14.2 Å². The molecule has 0 unspecified atom stereocenters. The molecule has 0 aromatic heterocycles. The molecule has 10 nitrogen and oxygen atoms in total. The monoisotopic (exact) mass is 490 g/mol. The number of ketones is 1. The number of amides is 1. The van der Waals surface area contributed by atoms with Gasteiger partial charge in [0.05, 0.1) is 19.1 Å². The molecule has 0 radical (unpaired) electrons. The third kappa shape index (κ3) is 5.91. The molecule has 1 N–H and O–H groups in total. The molecule has 1 aliphatic heterocycles. The van der Waals surface area contributed by atoms with Crippen LogP contribution in [-0.4, -0.2) is 70.8 Å². The van der Waals surface area contributed by atoms with Crippen molar-refractivity contribution < 1.29 is 37.0 Å². The number of nitrogens with zero attached hydrogens (tertiary/aromatic N) is 1. The Bertz CT molecular complexity index is 1160. The summed E-state index contributed by atoms with van der Waals surface area (Å²) in [6, 6.07) is 10.1. The van der Waals surface area contributed by atoms with Gasteiger partial charge in [0.15, 0.2) is 23.9 Å². The molecule has 1 heterocycles. The molecule has 11 heteroatoms. The van der Waals surface area contributed by atoms with Crippen molar-refractivity contribution in [2.45, 2.75) is 17.7 Å². The lowest BCUT2D eigenvalue weighted by Gasteiger charge is -2.15. The molecule has 182 valence electrons. The standard InChI is InChI=1S/C23H26N2O8S/c1-31-20-10-7-17(13-21(20)32-2)23(28)24-14-22(27)33-15-19(26)16-5-8-18(9-6-16)34(29,30)25-11-3-4-12-25/h5-10,13H,3-4,11-12,14-15H2,1-2H3,(H,24,28). The highest BCUT2D eigenvalue weighted by Crippen LogP contribution is 2.27. The molecular formula is C23H26N2O8S. The van der Waals surface area contributed by atoms with E-state index in [2.05, 4.69) is 5.32 Å². The van der Waals surface area contributed by atoms with Crippen molar-refractivity contribution in [2.24, 2.45) is 0 Å². The number of nitrogens with one attached hydrogen (secondary N) is 1. The molecule has 3 rings (SSSR count). The molecule has 1 aliphatic rings. The average Bonchev–Trinajstić information content (AvgIpc) is 3.41. The molecule has 0 atom stereocenters. The Hall–Kier alpha value is -3.44. The quantitative estimate of drug-likeness (QED) is 0.393. The molecule has 2 aromatic carbocycles. The number of hydrogen-bond acceptors (Lipinski definition) is 8. The van der Waals surface area contributed by atoms with E-state index in [1.807, 2.05) is 0 Å². The van der Waals surface area contributed by atoms with Crippen molar-refractivity contribution in [3.8, 4) is 11.5 Å². The lowest BCUT2D eigenvalue weighted by Crippen LogP contribution is -2.31. The van der Waals surface area contributed by atoms with Crippen LogP contribution in [0.5, 0.6) is 11.5 Å². The fraction of sp³-hybridized carbons (Fsp3) is 0.348. The molecule has 0 bridgehead atoms. The second-order valence-electron chi connectivity index (χ2n) is 7.47. The summed E-state index contributed by atoms with van der Waals surface area (Å²) < 4.78 is 41.7. The van der Waals surface area contributed by atoms with E-state index in [0.29, 0.717) is 24.6 Å². The molecule has 2 aromatic rings. The summed E-state index contributed by atoms with van der Waals surface area (Å²) in [6.45, 7) is -0.000211. The number of benzene rings is 2. The van der Waals surface area contributed by atoms with Crippen LogP contribution in [0.2, 0.25) is 0 Å². The minimum atomic E-state index is -3.57. The summed E-state index contributed by atoms with van der Waals surface area (Å²) in [4.78, 5) is 36.6. The number of ether oxygens (including phenoxy) is 3. The highest BCUT2D eigenvalue weighted by atomic mass is 32.2. The Labute approximate surface area is 197 Å². The van der Waals surface area contributed by atoms with E-state index in [-0.39, 0.29) is 16.0 Å². The Balaban J connectivity index is 1.49. The number of Topliss-reactive ketones (excluding diaryl/α,β-unsaturated/α-hetero) is 1. The van der Waals surface area contributed by atoms with E-state index in [1.54, 1.807) is 6.07 Å². The van der Waals surface area contributed by atoms with E-state index in [1.165, 1.54) is 54.9 Å². The molecule has 1 amide bonds. The van der Waals surface area contributed by atoms with Crippen LogP contribution in [0.4, 0.5) is 0 Å². The van der Waals surface area contributed by atoms with Crippen molar-refractivity contribution in [1.82, 2.24) is 9.62 Å². The van der Waals surface area contributed by atoms with Crippen LogP contribution in [0.1, 0.15) is 33.6 Å². The van der Waals surface area contributed by atoms with Gasteiger partial charge in [-0.2, -0.15) is 4.31 Å². The van der Waals surface area contributed by atoms with Gasteiger partial charge in [-0.25, -0.2) is 8.42 Å². The second-order valence-corrected chi connectivity index (χ2v) is 9.41. The van der Waals surface area contributed by atoms with Crippen molar-refractivity contribution in [1.29, 1.82) is 0 Å². The van der Waals surface area contributed by atoms with Gasteiger partial charge in [0.25, 0.3) is 5.91 Å². The number of esters is 1. The SMILES string of the molecule is COc1ccc(C(=O)NCC(=O)OCC(=O)c2ccc(S(=O)(=O)N3CCCC3)cc2)cc1OC. The van der Waals surface area contributed by atoms with Gasteiger partial charge < -0.3 is 19.5 Å². The summed E-state index contributed by atoms with van der Waals surface area (Å²) in [5, 5.41) is 2.41. The molecular weight excluding hydrogens is 464 g/mol. The first-order valence-corrected chi connectivity index (χ1v) is 12.0. The van der Waals surface area contributed by atoms with Gasteiger partial charge in [-0.05, 0) is 55.3 Å². The van der Waals surface area contributed by atoms with Crippen LogP contribution in [0.25, 0.3) is 0 Å². The highest BCUT2D eigenvalue weighted by molar-refractivity contribution is 7.89. The smallest absolute Gasteiger partial charge is 0.325 e. The molecule has 34 heavy (non-hydrogen) atoms. The summed E-state index contributed by atoms with van der Waals surface area (Å²) in [5.41, 5.74) is 0.466. The van der Waals surface area contributed by atoms with E-state index < -0.39 is 40.8 Å². The summed E-state index contributed by atoms with van der Waals surface area (Å²) in [7, 11) is -0.662. The lowest BCUT2D eigenvalue weighted by atomic mass is 10.1. The highest BCUT2D eigenvalue weighted by Gasteiger charge is 2.27. The minimum absolute atomic E-state index is 0.112. The fourth-order valence-electron chi connectivity index (χ4n) is 3.40. The maximum atomic E-state index is 12.6. The van der Waals surface area contributed by atoms with Crippen molar-refractivity contribution in [3.05, 3.63) is 53.6 Å². The molecule has 1 fully saturated rings. The number of carbonyl (C=O) groups excluding carboxylic acids is 3. The Morgan fingerprint density at radius 3 is 2.15 bits per heavy atom. The minimum Gasteiger partial charge on any atom is -0.493 e. The summed E-state index contributed by atoms with van der Waals surface area (Å²) in [6.07, 6.45) is 1.66. The van der Waals surface area contributed by atoms with Crippen molar-refractivity contribution >= 4 is 27.7 Å². The van der Waals surface area contributed by atoms with Gasteiger partial charge in [0, 0.05) is 24.2 Å². The Morgan fingerprint density at radius 2 is 1.53 bits per heavy atom. The van der Waals surface area contributed by atoms with Crippen molar-refractivity contribution in [2.75, 3.05) is 40.5 Å². The largest absolute Gasteiger partial charge is 0.493 e. The molecule has 0 saturated carbocycles. The number of hydrogen-bond donors (Lipinski definition) is 1. The second kappa shape index (κ2) is 11.1. The zero-order valence-electron chi connectivity index (χ0n) is 18.9. The Morgan fingerprint density at radius 1 is 0.912 bits per heavy atom. The predicted molar refractivity (Wildman–Crippen MR) is 122 cm³/mol. The first kappa shape index (κ1) is 25.2. The van der Waals surface area contributed by atoms with Crippen molar-refractivity contribution in [3.63, 3.8) is 0 Å². The van der Waals surface area contributed by atoms with Crippen LogP contribution in [0, 0.1) is 0 Å². The number of carbonyl (C=O) groups is 3. The van der Waals surface area contributed by atoms with Gasteiger partial charge >= 0.3 is 5.97 Å². The van der Waals surface area contributed by atoms with Crippen LogP contribution < -0.4 is 14.8 Å². The third-order valence-corrected chi connectivity index (χ3v) is 7.20. The zero-order valence-corrected chi connectivity index (χ0v) is 19.7. The normalized spacial score (nSPS) is 13.8. The van der Waals surface area contributed by atoms with Gasteiger partial charge in [-0.1, -0.05) is 0 Å². The van der Waals surface area contributed by atoms with E-state index in [9.17, 15) is 22.8 Å². The molecule has 1 saturated heterocycles. The van der Waals surface area contributed by atoms with Gasteiger partial charge in [-0.15, -0.1) is 0 Å². The van der Waals surface area contributed by atoms with Crippen LogP contribution in [0.15, 0.2) is 47.4 Å². The van der Waals surface area contributed by atoms with Gasteiger partial charge in [0.2, 0.25) is 10.0 Å². The van der Waals surface area contributed by atoms with Gasteiger partial charge in [-0.3, -0.25) is 14.4 Å². The summed E-state index contributed by atoms with van der Waals surface area (Å²) >= 11 is 0. The summed E-state index contributed by atoms with van der Waals surface area (Å²) in [5.74, 6) is -1.000. The number of sulfonamides is 1. The first-order chi connectivity index (χ1) is 16.3. The molecule has 0 aliphatic carbocycles. The topological polar surface area (TPSA) is 128 Å². The maximum Gasteiger partial charge on any atom is 0.325 e. The van der Waals surface area contributed by atoms with Crippen LogP contribution >= 0.6 is 0 Å². The van der Waals surface area contributed by atoms with Crippen LogP contribution in [0.3, 0.4) is 0 Å². The van der Waals surface area contributed by atoms with Crippen LogP contribution in [-0.2, 0) is 19.6 Å². The average molecular weight is 491 g/mol. The van der Waals surface area contributed by atoms with E-state index >= 15 is 0 Å². The number of methoxy groups -OCH3 is 2. The van der Waals surface area contributed by atoms with E-state index in [0.717, 1.165) is 12.8 Å². The third-order valence-electron chi connectivity index (χ3n) is 5.28. The Kier molecular flexibility index (Phi) is 8.24. The van der Waals surface area contributed by atoms with Gasteiger partial charge in [0.1, 0.15) is 6.54 Å². The maximum absolute atomic E-state index is 12.6. The predicted octanol–water partition coefficient (Wildman–Crippen LogP) is 1.64. The first-order valence-electron chi connectivity index (χ1n) is 10.6. The molecule has 0 spiro atoms. The fourth-order valence-corrected chi connectivity index (χ4v) is 4.92. The zero-order chi connectivity index (χ0) is 24.7. The number of rotatable bonds is 10.